The molecule has 108 valence electrons. The van der Waals surface area contributed by atoms with E-state index in [1.165, 1.54) is 16.7 Å². The fourth-order valence-electron chi connectivity index (χ4n) is 2.07. The SMILES string of the molecule is Nc1nc2cc(Br)c(F)cc2n1-c1c(Cl)cc(F)cc1Cl. The Morgan fingerprint density at radius 3 is 2.33 bits per heavy atom. The summed E-state index contributed by atoms with van der Waals surface area (Å²) in [6.45, 7) is 0. The Hall–Kier alpha value is -1.37. The number of nitrogen functional groups attached to an aromatic ring is 1. The third kappa shape index (κ3) is 2.37. The van der Waals surface area contributed by atoms with Gasteiger partial charge in [-0.2, -0.15) is 0 Å². The summed E-state index contributed by atoms with van der Waals surface area (Å²) >= 11 is 15.2. The summed E-state index contributed by atoms with van der Waals surface area (Å²) in [5.41, 5.74) is 6.95. The van der Waals surface area contributed by atoms with Crippen molar-refractivity contribution in [3.05, 3.63) is 50.4 Å². The second-order valence-electron chi connectivity index (χ2n) is 4.28. The van der Waals surface area contributed by atoms with Crippen molar-refractivity contribution in [2.75, 3.05) is 5.73 Å². The van der Waals surface area contributed by atoms with Crippen molar-refractivity contribution in [2.45, 2.75) is 0 Å². The van der Waals surface area contributed by atoms with E-state index < -0.39 is 11.6 Å². The molecule has 0 aliphatic carbocycles. The zero-order valence-electron chi connectivity index (χ0n) is 10.2. The molecule has 1 heterocycles. The van der Waals surface area contributed by atoms with E-state index in [2.05, 4.69) is 20.9 Å². The number of hydrogen-bond donors (Lipinski definition) is 1. The van der Waals surface area contributed by atoms with Crippen LogP contribution in [0.1, 0.15) is 0 Å². The van der Waals surface area contributed by atoms with Crippen LogP contribution in [0.3, 0.4) is 0 Å². The van der Waals surface area contributed by atoms with Gasteiger partial charge in [0.2, 0.25) is 5.95 Å². The first-order valence-electron chi connectivity index (χ1n) is 5.66. The number of fused-ring (bicyclic) bond motifs is 1. The number of imidazole rings is 1. The molecule has 3 nitrogen and oxygen atoms in total. The van der Waals surface area contributed by atoms with Crippen LogP contribution in [0.15, 0.2) is 28.7 Å². The van der Waals surface area contributed by atoms with E-state index >= 15 is 0 Å². The molecule has 3 aromatic rings. The molecule has 2 aromatic carbocycles. The van der Waals surface area contributed by atoms with Crippen molar-refractivity contribution >= 4 is 56.1 Å². The highest BCUT2D eigenvalue weighted by molar-refractivity contribution is 9.10. The van der Waals surface area contributed by atoms with Crippen molar-refractivity contribution in [1.29, 1.82) is 0 Å². The first kappa shape index (κ1) is 14.6. The Balaban J connectivity index is 2.41. The largest absolute Gasteiger partial charge is 0.369 e. The number of halogens is 5. The summed E-state index contributed by atoms with van der Waals surface area (Å²) < 4.78 is 28.7. The van der Waals surface area contributed by atoms with Crippen LogP contribution in [0.4, 0.5) is 14.7 Å². The highest BCUT2D eigenvalue weighted by atomic mass is 79.9. The number of benzene rings is 2. The number of rotatable bonds is 1. The number of hydrogen-bond acceptors (Lipinski definition) is 2. The van der Waals surface area contributed by atoms with Crippen molar-refractivity contribution in [3.63, 3.8) is 0 Å². The predicted octanol–water partition coefficient (Wildman–Crippen LogP) is 4.96. The van der Waals surface area contributed by atoms with Gasteiger partial charge in [-0.05, 0) is 34.1 Å². The van der Waals surface area contributed by atoms with Gasteiger partial charge >= 0.3 is 0 Å². The van der Waals surface area contributed by atoms with Crippen LogP contribution in [-0.2, 0) is 0 Å². The van der Waals surface area contributed by atoms with Gasteiger partial charge in [-0.25, -0.2) is 13.8 Å². The Labute approximate surface area is 136 Å². The van der Waals surface area contributed by atoms with Gasteiger partial charge in [0.25, 0.3) is 0 Å². The summed E-state index contributed by atoms with van der Waals surface area (Å²) in [6.07, 6.45) is 0. The molecule has 0 fully saturated rings. The lowest BCUT2D eigenvalue weighted by Gasteiger charge is -2.11. The summed E-state index contributed by atoms with van der Waals surface area (Å²) in [5.74, 6) is -0.999. The average molecular weight is 393 g/mol. The molecule has 8 heteroatoms. The summed E-state index contributed by atoms with van der Waals surface area (Å²) in [4.78, 5) is 4.13. The van der Waals surface area contributed by atoms with Crippen LogP contribution in [0, 0.1) is 11.6 Å². The minimum Gasteiger partial charge on any atom is -0.369 e. The van der Waals surface area contributed by atoms with Crippen LogP contribution in [0.25, 0.3) is 16.7 Å². The monoisotopic (exact) mass is 391 g/mol. The molecule has 0 unspecified atom stereocenters. The summed E-state index contributed by atoms with van der Waals surface area (Å²) in [6, 6.07) is 4.94. The topological polar surface area (TPSA) is 43.8 Å². The highest BCUT2D eigenvalue weighted by Gasteiger charge is 2.18. The van der Waals surface area contributed by atoms with Gasteiger partial charge in [0, 0.05) is 6.07 Å². The molecule has 2 N–H and O–H groups in total. The molecule has 1 aromatic heterocycles. The van der Waals surface area contributed by atoms with E-state index in [-0.39, 0.29) is 26.2 Å². The Morgan fingerprint density at radius 1 is 1.10 bits per heavy atom. The maximum Gasteiger partial charge on any atom is 0.206 e. The molecule has 0 aliphatic rings. The van der Waals surface area contributed by atoms with E-state index in [1.54, 1.807) is 0 Å². The second kappa shape index (κ2) is 5.12. The third-order valence-electron chi connectivity index (χ3n) is 2.93. The number of nitrogens with zero attached hydrogens (tertiary/aromatic N) is 2. The fraction of sp³-hybridized carbons (Fsp3) is 0. The lowest BCUT2D eigenvalue weighted by atomic mass is 10.2. The second-order valence-corrected chi connectivity index (χ2v) is 5.95. The molecule has 0 bridgehead atoms. The van der Waals surface area contributed by atoms with Crippen LogP contribution in [0.2, 0.25) is 10.0 Å². The summed E-state index contributed by atoms with van der Waals surface area (Å²) in [5, 5.41) is 0.101. The maximum absolute atomic E-state index is 13.8. The van der Waals surface area contributed by atoms with E-state index in [4.69, 9.17) is 28.9 Å². The summed E-state index contributed by atoms with van der Waals surface area (Å²) in [7, 11) is 0. The van der Waals surface area contributed by atoms with Gasteiger partial charge in [0.15, 0.2) is 0 Å². The standard InChI is InChI=1S/C13H6BrCl2F2N3/c14-6-3-10-11(4-9(6)18)21(13(19)20-10)12-7(15)1-5(17)2-8(12)16/h1-4H,(H2,19,20). The van der Waals surface area contributed by atoms with Crippen molar-refractivity contribution in [1.82, 2.24) is 9.55 Å². The van der Waals surface area contributed by atoms with Gasteiger partial charge in [-0.3, -0.25) is 4.57 Å². The van der Waals surface area contributed by atoms with Crippen LogP contribution in [0.5, 0.6) is 0 Å². The average Bonchev–Trinajstić information content (AvgIpc) is 2.66. The van der Waals surface area contributed by atoms with Crippen molar-refractivity contribution in [3.8, 4) is 5.69 Å². The van der Waals surface area contributed by atoms with E-state index in [0.717, 1.165) is 12.1 Å². The molecule has 0 atom stereocenters. The normalized spacial score (nSPS) is 11.3. The van der Waals surface area contributed by atoms with E-state index in [0.29, 0.717) is 11.0 Å². The number of nitrogens with two attached hydrogens (primary N) is 1. The first-order chi connectivity index (χ1) is 9.88. The molecule has 0 aliphatic heterocycles. The van der Waals surface area contributed by atoms with Gasteiger partial charge < -0.3 is 5.73 Å². The molecule has 0 saturated heterocycles. The third-order valence-corrected chi connectivity index (χ3v) is 4.11. The smallest absolute Gasteiger partial charge is 0.206 e. The zero-order chi connectivity index (χ0) is 15.3. The van der Waals surface area contributed by atoms with Crippen LogP contribution >= 0.6 is 39.1 Å². The number of aromatic nitrogens is 2. The van der Waals surface area contributed by atoms with Gasteiger partial charge in [-0.1, -0.05) is 23.2 Å². The van der Waals surface area contributed by atoms with Gasteiger partial charge in [-0.15, -0.1) is 0 Å². The lowest BCUT2D eigenvalue weighted by molar-refractivity contribution is 0.622. The molecule has 0 saturated carbocycles. The Bertz CT molecular complexity index is 856. The highest BCUT2D eigenvalue weighted by Crippen LogP contribution is 2.35. The number of anilines is 1. The molecule has 0 amide bonds. The molecule has 0 spiro atoms. The molecule has 0 radical (unpaired) electrons. The van der Waals surface area contributed by atoms with Gasteiger partial charge in [0.1, 0.15) is 11.6 Å². The predicted molar refractivity (Wildman–Crippen MR) is 83.1 cm³/mol. The lowest BCUT2D eigenvalue weighted by Crippen LogP contribution is -2.02. The van der Waals surface area contributed by atoms with Crippen molar-refractivity contribution in [2.24, 2.45) is 0 Å². The van der Waals surface area contributed by atoms with E-state index in [9.17, 15) is 8.78 Å². The molecular weight excluding hydrogens is 387 g/mol. The van der Waals surface area contributed by atoms with Gasteiger partial charge in [0.05, 0.1) is 31.2 Å². The van der Waals surface area contributed by atoms with Crippen LogP contribution in [-0.4, -0.2) is 9.55 Å². The van der Waals surface area contributed by atoms with E-state index in [1.807, 2.05) is 0 Å². The quantitative estimate of drug-likeness (QED) is 0.636. The Kier molecular flexibility index (Phi) is 3.55. The first-order valence-corrected chi connectivity index (χ1v) is 7.21. The molecular formula is C13H6BrCl2F2N3. The fourth-order valence-corrected chi connectivity index (χ4v) is 3.04. The molecule has 21 heavy (non-hydrogen) atoms. The zero-order valence-corrected chi connectivity index (χ0v) is 13.3. The molecule has 3 rings (SSSR count). The van der Waals surface area contributed by atoms with Crippen molar-refractivity contribution < 1.29 is 8.78 Å². The van der Waals surface area contributed by atoms with Crippen LogP contribution < -0.4 is 5.73 Å². The minimum atomic E-state index is -0.578. The maximum atomic E-state index is 13.8. The minimum absolute atomic E-state index is 0.0503. The Morgan fingerprint density at radius 2 is 1.71 bits per heavy atom.